The topological polar surface area (TPSA) is 40.1 Å². The minimum atomic E-state index is -4.98. The van der Waals surface area contributed by atoms with Crippen LogP contribution < -0.4 is 5.11 Å². The van der Waals surface area contributed by atoms with Crippen LogP contribution >= 0.6 is 0 Å². The number of carbonyl (C=O) groups is 1. The van der Waals surface area contributed by atoms with Crippen molar-refractivity contribution in [3.8, 4) is 0 Å². The fourth-order valence-electron chi connectivity index (χ4n) is 1.29. The van der Waals surface area contributed by atoms with Gasteiger partial charge in [-0.1, -0.05) is 0 Å². The lowest BCUT2D eigenvalue weighted by atomic mass is 10.0. The molecule has 0 heterocycles. The molecule has 0 atom stereocenters. The highest BCUT2D eigenvalue weighted by atomic mass is 19.4. The van der Waals surface area contributed by atoms with Gasteiger partial charge < -0.3 is 9.90 Å². The highest BCUT2D eigenvalue weighted by Gasteiger charge is 2.36. The summed E-state index contributed by atoms with van der Waals surface area (Å²) in [5.74, 6) is -1.76. The van der Waals surface area contributed by atoms with Crippen LogP contribution in [0.4, 0.5) is 26.3 Å². The highest BCUT2D eigenvalue weighted by Crippen LogP contribution is 2.36. The maximum atomic E-state index is 12.3. The first kappa shape index (κ1) is 14.3. The van der Waals surface area contributed by atoms with Crippen molar-refractivity contribution in [2.24, 2.45) is 0 Å². The van der Waals surface area contributed by atoms with Crippen molar-refractivity contribution in [2.45, 2.75) is 18.8 Å². The molecule has 0 bridgehead atoms. The van der Waals surface area contributed by atoms with E-state index >= 15 is 0 Å². The van der Waals surface area contributed by atoms with E-state index in [1.807, 2.05) is 0 Å². The Morgan fingerprint density at radius 3 is 1.61 bits per heavy atom. The Morgan fingerprint density at radius 1 is 0.944 bits per heavy atom. The van der Waals surface area contributed by atoms with Crippen molar-refractivity contribution >= 4 is 5.97 Å². The molecule has 0 aromatic heterocycles. The summed E-state index contributed by atoms with van der Waals surface area (Å²) in [6, 6.07) is 0.634. The Balaban J connectivity index is 3.34. The van der Waals surface area contributed by atoms with Crippen LogP contribution in [-0.4, -0.2) is 5.97 Å². The second-order valence-electron chi connectivity index (χ2n) is 3.46. The zero-order valence-corrected chi connectivity index (χ0v) is 8.52. The molecule has 1 rings (SSSR count). The fourth-order valence-corrected chi connectivity index (χ4v) is 1.29. The van der Waals surface area contributed by atoms with E-state index in [0.29, 0.717) is 12.1 Å². The van der Waals surface area contributed by atoms with Gasteiger partial charge in [-0.25, -0.2) is 0 Å². The van der Waals surface area contributed by atoms with E-state index in [2.05, 4.69) is 0 Å². The SMILES string of the molecule is O=C([O-])Cc1cc(C(F)(F)F)cc(C(F)(F)F)c1. The van der Waals surface area contributed by atoms with Gasteiger partial charge in [-0.2, -0.15) is 26.3 Å². The van der Waals surface area contributed by atoms with Crippen molar-refractivity contribution in [3.05, 3.63) is 34.9 Å². The molecule has 0 spiro atoms. The summed E-state index contributed by atoms with van der Waals surface area (Å²) in [6.07, 6.45) is -11.0. The van der Waals surface area contributed by atoms with Gasteiger partial charge in [0.1, 0.15) is 0 Å². The molecule has 0 unspecified atom stereocenters. The van der Waals surface area contributed by atoms with Crippen molar-refractivity contribution in [3.63, 3.8) is 0 Å². The lowest BCUT2D eigenvalue weighted by Gasteiger charge is -2.14. The summed E-state index contributed by atoms with van der Waals surface area (Å²) in [5, 5.41) is 10.2. The predicted octanol–water partition coefficient (Wildman–Crippen LogP) is 2.02. The number of hydrogen-bond donors (Lipinski definition) is 0. The standard InChI is InChI=1S/C10H6F6O2/c11-9(12,13)6-1-5(3-8(17)18)2-7(4-6)10(14,15)16/h1-2,4H,3H2,(H,17,18)/p-1. The van der Waals surface area contributed by atoms with Gasteiger partial charge in [0.05, 0.1) is 11.1 Å². The number of carbonyl (C=O) groups excluding carboxylic acids is 1. The van der Waals surface area contributed by atoms with E-state index in [9.17, 15) is 36.2 Å². The van der Waals surface area contributed by atoms with Gasteiger partial charge in [0.2, 0.25) is 0 Å². The minimum Gasteiger partial charge on any atom is -0.550 e. The molecular formula is C10H5F6O2-. The van der Waals surface area contributed by atoms with E-state index in [4.69, 9.17) is 0 Å². The zero-order chi connectivity index (χ0) is 14.1. The van der Waals surface area contributed by atoms with Crippen molar-refractivity contribution in [1.29, 1.82) is 0 Å². The molecule has 0 N–H and O–H groups in total. The number of alkyl halides is 6. The number of benzene rings is 1. The van der Waals surface area contributed by atoms with Crippen LogP contribution in [-0.2, 0) is 23.6 Å². The molecule has 0 aliphatic heterocycles. The normalized spacial score (nSPS) is 12.6. The van der Waals surface area contributed by atoms with Gasteiger partial charge in [0.15, 0.2) is 0 Å². The fraction of sp³-hybridized carbons (Fsp3) is 0.300. The van der Waals surface area contributed by atoms with E-state index in [0.717, 1.165) is 0 Å². The largest absolute Gasteiger partial charge is 0.550 e. The van der Waals surface area contributed by atoms with Gasteiger partial charge in [0.25, 0.3) is 0 Å². The van der Waals surface area contributed by atoms with Crippen LogP contribution in [0.1, 0.15) is 16.7 Å². The van der Waals surface area contributed by atoms with Gasteiger partial charge in [-0.3, -0.25) is 0 Å². The van der Waals surface area contributed by atoms with Gasteiger partial charge in [-0.05, 0) is 23.8 Å². The third-order valence-corrected chi connectivity index (χ3v) is 2.00. The first-order valence-corrected chi connectivity index (χ1v) is 4.48. The number of carboxylic acid groups (broad SMARTS) is 1. The second-order valence-corrected chi connectivity index (χ2v) is 3.46. The predicted molar refractivity (Wildman–Crippen MR) is 45.2 cm³/mol. The van der Waals surface area contributed by atoms with Gasteiger partial charge >= 0.3 is 12.4 Å². The van der Waals surface area contributed by atoms with Gasteiger partial charge in [-0.15, -0.1) is 0 Å². The molecule has 0 aliphatic rings. The third-order valence-electron chi connectivity index (χ3n) is 2.00. The van der Waals surface area contributed by atoms with Crippen molar-refractivity contribution < 1.29 is 36.2 Å². The first-order chi connectivity index (χ1) is 8.00. The molecule has 0 saturated heterocycles. The zero-order valence-electron chi connectivity index (χ0n) is 8.52. The van der Waals surface area contributed by atoms with Crippen LogP contribution in [0.5, 0.6) is 0 Å². The number of rotatable bonds is 2. The molecule has 18 heavy (non-hydrogen) atoms. The van der Waals surface area contributed by atoms with Gasteiger partial charge in [0, 0.05) is 12.4 Å². The first-order valence-electron chi connectivity index (χ1n) is 4.48. The molecule has 0 saturated carbocycles. The molecule has 1 aromatic rings. The Kier molecular flexibility index (Phi) is 3.59. The Bertz CT molecular complexity index is 428. The van der Waals surface area contributed by atoms with Crippen LogP contribution in [0.3, 0.4) is 0 Å². The molecule has 8 heteroatoms. The van der Waals surface area contributed by atoms with Crippen molar-refractivity contribution in [2.75, 3.05) is 0 Å². The minimum absolute atomic E-state index is 0.0707. The Hall–Kier alpha value is -1.73. The molecular weight excluding hydrogens is 266 g/mol. The second kappa shape index (κ2) is 4.51. The molecule has 2 nitrogen and oxygen atoms in total. The third kappa shape index (κ3) is 3.64. The average molecular weight is 271 g/mol. The summed E-state index contributed by atoms with van der Waals surface area (Å²) in [5.41, 5.74) is -3.71. The Morgan fingerprint density at radius 2 is 1.33 bits per heavy atom. The van der Waals surface area contributed by atoms with Crippen LogP contribution in [0.15, 0.2) is 18.2 Å². The van der Waals surface area contributed by atoms with Crippen LogP contribution in [0, 0.1) is 0 Å². The Labute approximate surface area is 96.8 Å². The van der Waals surface area contributed by atoms with Crippen LogP contribution in [0.25, 0.3) is 0 Å². The summed E-state index contributed by atoms with van der Waals surface area (Å²) >= 11 is 0. The maximum Gasteiger partial charge on any atom is 0.416 e. The number of hydrogen-bond acceptors (Lipinski definition) is 2. The lowest BCUT2D eigenvalue weighted by molar-refractivity contribution is -0.304. The highest BCUT2D eigenvalue weighted by molar-refractivity contribution is 5.68. The molecule has 100 valence electrons. The molecule has 1 aromatic carbocycles. The number of aliphatic carboxylic acids is 1. The smallest absolute Gasteiger partial charge is 0.416 e. The van der Waals surface area contributed by atoms with Crippen molar-refractivity contribution in [1.82, 2.24) is 0 Å². The van der Waals surface area contributed by atoms with E-state index in [-0.39, 0.29) is 6.07 Å². The monoisotopic (exact) mass is 271 g/mol. The number of carboxylic acids is 1. The van der Waals surface area contributed by atoms with E-state index in [1.54, 1.807) is 0 Å². The average Bonchev–Trinajstić information content (AvgIpc) is 2.13. The van der Waals surface area contributed by atoms with E-state index in [1.165, 1.54) is 0 Å². The summed E-state index contributed by atoms with van der Waals surface area (Å²) < 4.78 is 74.1. The summed E-state index contributed by atoms with van der Waals surface area (Å²) in [6.45, 7) is 0. The maximum absolute atomic E-state index is 12.3. The summed E-state index contributed by atoms with van der Waals surface area (Å²) in [7, 11) is 0. The molecule has 0 radical (unpaired) electrons. The lowest BCUT2D eigenvalue weighted by Crippen LogP contribution is -2.25. The summed E-state index contributed by atoms with van der Waals surface area (Å²) in [4.78, 5) is 10.2. The van der Waals surface area contributed by atoms with E-state index < -0.39 is 41.4 Å². The number of halogens is 6. The molecule has 0 amide bonds. The quantitative estimate of drug-likeness (QED) is 0.772. The van der Waals surface area contributed by atoms with Crippen LogP contribution in [0.2, 0.25) is 0 Å². The molecule has 0 fully saturated rings. The molecule has 0 aliphatic carbocycles.